The van der Waals surface area contributed by atoms with E-state index < -0.39 is 0 Å². The van der Waals surface area contributed by atoms with Gasteiger partial charge in [-0.1, -0.05) is 35.0 Å². The number of hydrogen-bond acceptors (Lipinski definition) is 2. The summed E-state index contributed by atoms with van der Waals surface area (Å²) in [7, 11) is 1.97. The Hall–Kier alpha value is -1.13. The fourth-order valence-electron chi connectivity index (χ4n) is 2.47. The van der Waals surface area contributed by atoms with E-state index in [1.807, 2.05) is 17.9 Å². The Bertz CT molecular complexity index is 536. The van der Waals surface area contributed by atoms with Gasteiger partial charge in [0.1, 0.15) is 0 Å². The third-order valence-electron chi connectivity index (χ3n) is 3.38. The zero-order valence-corrected chi connectivity index (χ0v) is 13.7. The van der Waals surface area contributed by atoms with Gasteiger partial charge in [0.25, 0.3) is 0 Å². The SMILES string of the molecule is CCNCC(Cc1cccc(Br)c1)Cc1cnn(C)c1. The minimum atomic E-state index is 0.591. The molecule has 0 bridgehead atoms. The predicted octanol–water partition coefficient (Wildman–Crippen LogP) is 3.19. The van der Waals surface area contributed by atoms with Gasteiger partial charge in [0.05, 0.1) is 6.20 Å². The summed E-state index contributed by atoms with van der Waals surface area (Å²) in [6, 6.07) is 8.59. The van der Waals surface area contributed by atoms with Gasteiger partial charge < -0.3 is 5.32 Å². The van der Waals surface area contributed by atoms with Gasteiger partial charge in [-0.25, -0.2) is 0 Å². The van der Waals surface area contributed by atoms with Crippen LogP contribution < -0.4 is 5.32 Å². The van der Waals surface area contributed by atoms with Crippen LogP contribution in [-0.4, -0.2) is 22.9 Å². The highest BCUT2D eigenvalue weighted by Crippen LogP contribution is 2.17. The lowest BCUT2D eigenvalue weighted by atomic mass is 9.93. The first-order chi connectivity index (χ1) is 9.67. The van der Waals surface area contributed by atoms with Gasteiger partial charge in [0.15, 0.2) is 0 Å². The minimum absolute atomic E-state index is 0.591. The van der Waals surface area contributed by atoms with Crippen LogP contribution in [0.15, 0.2) is 41.1 Å². The normalized spacial score (nSPS) is 12.6. The predicted molar refractivity (Wildman–Crippen MR) is 86.8 cm³/mol. The van der Waals surface area contributed by atoms with E-state index in [1.165, 1.54) is 11.1 Å². The number of nitrogens with zero attached hydrogens (tertiary/aromatic N) is 2. The zero-order valence-electron chi connectivity index (χ0n) is 12.1. The summed E-state index contributed by atoms with van der Waals surface area (Å²) in [5.41, 5.74) is 2.69. The van der Waals surface area contributed by atoms with Gasteiger partial charge in [0, 0.05) is 17.7 Å². The lowest BCUT2D eigenvalue weighted by Crippen LogP contribution is -2.25. The maximum absolute atomic E-state index is 4.26. The molecule has 0 spiro atoms. The van der Waals surface area contributed by atoms with Crippen molar-refractivity contribution in [2.45, 2.75) is 19.8 Å². The number of hydrogen-bond donors (Lipinski definition) is 1. The van der Waals surface area contributed by atoms with Crippen LogP contribution in [-0.2, 0) is 19.9 Å². The first-order valence-corrected chi connectivity index (χ1v) is 7.89. The molecule has 0 radical (unpaired) electrons. The van der Waals surface area contributed by atoms with Crippen LogP contribution in [0.3, 0.4) is 0 Å². The minimum Gasteiger partial charge on any atom is -0.317 e. The van der Waals surface area contributed by atoms with Gasteiger partial charge in [-0.15, -0.1) is 0 Å². The average molecular weight is 336 g/mol. The Morgan fingerprint density at radius 3 is 2.75 bits per heavy atom. The van der Waals surface area contributed by atoms with Gasteiger partial charge >= 0.3 is 0 Å². The van der Waals surface area contributed by atoms with Crippen LogP contribution in [0.2, 0.25) is 0 Å². The monoisotopic (exact) mass is 335 g/mol. The fourth-order valence-corrected chi connectivity index (χ4v) is 2.92. The molecule has 2 rings (SSSR count). The Morgan fingerprint density at radius 1 is 1.30 bits per heavy atom. The molecule has 1 unspecified atom stereocenters. The van der Waals surface area contributed by atoms with Crippen LogP contribution in [0.5, 0.6) is 0 Å². The van der Waals surface area contributed by atoms with E-state index in [0.717, 1.165) is 30.4 Å². The number of benzene rings is 1. The van der Waals surface area contributed by atoms with Crippen LogP contribution in [0.1, 0.15) is 18.1 Å². The van der Waals surface area contributed by atoms with E-state index in [9.17, 15) is 0 Å². The van der Waals surface area contributed by atoms with Crippen molar-refractivity contribution in [1.82, 2.24) is 15.1 Å². The standard InChI is InChI=1S/C16H22BrN3/c1-3-18-10-14(8-15-11-19-20(2)12-15)7-13-5-4-6-16(17)9-13/h4-6,9,11-12,14,18H,3,7-8,10H2,1-2H3. The number of aromatic nitrogens is 2. The molecule has 0 aliphatic carbocycles. The molecule has 2 aromatic rings. The first kappa shape index (κ1) is 15.3. The molecule has 20 heavy (non-hydrogen) atoms. The highest BCUT2D eigenvalue weighted by Gasteiger charge is 2.12. The van der Waals surface area contributed by atoms with Gasteiger partial charge in [-0.05, 0) is 55.1 Å². The van der Waals surface area contributed by atoms with Crippen molar-refractivity contribution in [2.24, 2.45) is 13.0 Å². The highest BCUT2D eigenvalue weighted by molar-refractivity contribution is 9.10. The van der Waals surface area contributed by atoms with E-state index >= 15 is 0 Å². The summed E-state index contributed by atoms with van der Waals surface area (Å²) in [6.45, 7) is 4.21. The summed E-state index contributed by atoms with van der Waals surface area (Å²) >= 11 is 3.55. The molecular formula is C16H22BrN3. The topological polar surface area (TPSA) is 29.9 Å². The second-order valence-electron chi connectivity index (χ2n) is 5.23. The maximum atomic E-state index is 4.26. The molecule has 0 aliphatic heterocycles. The van der Waals surface area contributed by atoms with Gasteiger partial charge in [0.2, 0.25) is 0 Å². The smallest absolute Gasteiger partial charge is 0.0521 e. The average Bonchev–Trinajstić information content (AvgIpc) is 2.81. The summed E-state index contributed by atoms with van der Waals surface area (Å²) in [6.07, 6.45) is 6.23. The third-order valence-corrected chi connectivity index (χ3v) is 3.87. The largest absolute Gasteiger partial charge is 0.317 e. The quantitative estimate of drug-likeness (QED) is 0.842. The van der Waals surface area contributed by atoms with Crippen LogP contribution in [0.25, 0.3) is 0 Å². The van der Waals surface area contributed by atoms with Crippen molar-refractivity contribution in [3.05, 3.63) is 52.3 Å². The summed E-state index contributed by atoms with van der Waals surface area (Å²) in [4.78, 5) is 0. The molecule has 108 valence electrons. The van der Waals surface area contributed by atoms with E-state index in [2.05, 4.69) is 63.7 Å². The molecule has 1 atom stereocenters. The molecule has 0 amide bonds. The first-order valence-electron chi connectivity index (χ1n) is 7.10. The van der Waals surface area contributed by atoms with Crippen molar-refractivity contribution in [1.29, 1.82) is 0 Å². The van der Waals surface area contributed by atoms with E-state index in [-0.39, 0.29) is 0 Å². The molecule has 1 N–H and O–H groups in total. The van der Waals surface area contributed by atoms with Crippen LogP contribution in [0, 0.1) is 5.92 Å². The number of halogens is 1. The van der Waals surface area contributed by atoms with Crippen molar-refractivity contribution in [2.75, 3.05) is 13.1 Å². The Morgan fingerprint density at radius 2 is 2.10 bits per heavy atom. The van der Waals surface area contributed by atoms with E-state index in [1.54, 1.807) is 0 Å². The zero-order chi connectivity index (χ0) is 14.4. The molecule has 1 aromatic carbocycles. The number of aryl methyl sites for hydroxylation is 1. The molecule has 0 fully saturated rings. The second kappa shape index (κ2) is 7.60. The molecule has 0 aliphatic rings. The molecule has 0 saturated heterocycles. The lowest BCUT2D eigenvalue weighted by Gasteiger charge is -2.17. The van der Waals surface area contributed by atoms with E-state index in [0.29, 0.717) is 5.92 Å². The number of rotatable bonds is 7. The summed E-state index contributed by atoms with van der Waals surface area (Å²) < 4.78 is 3.03. The molecule has 4 heteroatoms. The van der Waals surface area contributed by atoms with Crippen LogP contribution in [0.4, 0.5) is 0 Å². The van der Waals surface area contributed by atoms with Gasteiger partial charge in [-0.2, -0.15) is 5.10 Å². The Balaban J connectivity index is 2.02. The van der Waals surface area contributed by atoms with Crippen molar-refractivity contribution >= 4 is 15.9 Å². The summed E-state index contributed by atoms with van der Waals surface area (Å²) in [5.74, 6) is 0.591. The fraction of sp³-hybridized carbons (Fsp3) is 0.438. The molecule has 1 aromatic heterocycles. The second-order valence-corrected chi connectivity index (χ2v) is 6.15. The third kappa shape index (κ3) is 4.76. The molecule has 3 nitrogen and oxygen atoms in total. The molecule has 0 saturated carbocycles. The Labute approximate surface area is 129 Å². The summed E-state index contributed by atoms with van der Waals surface area (Å²) in [5, 5.41) is 7.73. The maximum Gasteiger partial charge on any atom is 0.0521 e. The van der Waals surface area contributed by atoms with Crippen molar-refractivity contribution in [3.8, 4) is 0 Å². The molecular weight excluding hydrogens is 314 g/mol. The van der Waals surface area contributed by atoms with E-state index in [4.69, 9.17) is 0 Å². The molecule has 1 heterocycles. The lowest BCUT2D eigenvalue weighted by molar-refractivity contribution is 0.478. The van der Waals surface area contributed by atoms with Crippen LogP contribution >= 0.6 is 15.9 Å². The van der Waals surface area contributed by atoms with Crippen molar-refractivity contribution < 1.29 is 0 Å². The Kier molecular flexibility index (Phi) is 5.80. The number of nitrogens with one attached hydrogen (secondary N) is 1. The van der Waals surface area contributed by atoms with Gasteiger partial charge in [-0.3, -0.25) is 4.68 Å². The highest BCUT2D eigenvalue weighted by atomic mass is 79.9. The van der Waals surface area contributed by atoms with Crippen molar-refractivity contribution in [3.63, 3.8) is 0 Å².